The Balaban J connectivity index is -0.00000392. The number of carbonyl (C=O) groups excluding carboxylic acids is 2. The number of rotatable bonds is 12. The molecule has 0 aliphatic rings. The van der Waals surface area contributed by atoms with Crippen molar-refractivity contribution >= 4 is 122 Å². The Labute approximate surface area is 232 Å². The van der Waals surface area contributed by atoms with Gasteiger partial charge in [-0.1, -0.05) is 0 Å². The van der Waals surface area contributed by atoms with Crippen LogP contribution in [0.15, 0.2) is 0 Å². The second-order valence-electron chi connectivity index (χ2n) is 5.49. The van der Waals surface area contributed by atoms with Crippen LogP contribution in [0, 0.1) is 0 Å². The molecule has 0 bridgehead atoms. The van der Waals surface area contributed by atoms with Crippen molar-refractivity contribution in [1.82, 2.24) is 0 Å². The van der Waals surface area contributed by atoms with Gasteiger partial charge in [0, 0.05) is 0 Å². The summed E-state index contributed by atoms with van der Waals surface area (Å²) in [6.07, 6.45) is -6.47. The van der Waals surface area contributed by atoms with Crippen molar-refractivity contribution in [1.29, 1.82) is 0 Å². The second-order valence-corrected chi connectivity index (χ2v) is 6.64. The van der Waals surface area contributed by atoms with E-state index in [0.29, 0.717) is 0 Å². The summed E-state index contributed by atoms with van der Waals surface area (Å²) in [7, 11) is -5.64. The van der Waals surface area contributed by atoms with Crippen LogP contribution >= 0.6 is 0 Å². The van der Waals surface area contributed by atoms with Crippen LogP contribution in [0.5, 0.6) is 0 Å². The number of aliphatic hydroxyl groups is 2. The summed E-state index contributed by atoms with van der Waals surface area (Å²) < 4.78 is 30.1. The first kappa shape index (κ1) is 34.8. The van der Waals surface area contributed by atoms with Crippen molar-refractivity contribution in [2.45, 2.75) is 36.9 Å². The first-order valence-corrected chi connectivity index (χ1v) is 8.30. The van der Waals surface area contributed by atoms with E-state index in [9.17, 15) is 47.4 Å². The zero-order chi connectivity index (χ0) is 23.2. The fourth-order valence-corrected chi connectivity index (χ4v) is 2.32. The van der Waals surface area contributed by atoms with Crippen LogP contribution in [0.1, 0.15) is 25.7 Å². The van der Waals surface area contributed by atoms with Gasteiger partial charge in [-0.2, -0.15) is 0 Å². The summed E-state index contributed by atoms with van der Waals surface area (Å²) in [6.45, 7) is 0. The third-order valence-electron chi connectivity index (χ3n) is 2.95. The average molecular weight is 530 g/mol. The zero-order valence-corrected chi connectivity index (χ0v) is 14.8. The van der Waals surface area contributed by atoms with Crippen molar-refractivity contribution in [2.75, 3.05) is 0 Å². The molecule has 0 aromatic rings. The molecule has 0 saturated carbocycles. The van der Waals surface area contributed by atoms with Gasteiger partial charge in [0.15, 0.2) is 11.2 Å². The Morgan fingerprint density at radius 1 is 0.613 bits per heavy atom. The van der Waals surface area contributed by atoms with Crippen molar-refractivity contribution in [3.63, 3.8) is 0 Å². The van der Waals surface area contributed by atoms with Crippen LogP contribution in [-0.4, -0.2) is 162 Å². The van der Waals surface area contributed by atoms with E-state index in [-0.39, 0.29) is 75.5 Å². The molecule has 0 aromatic heterocycles. The molecule has 6 N–H and O–H groups in total. The van der Waals surface area contributed by atoms with E-state index in [0.717, 1.165) is 0 Å². The molecule has 31 heavy (non-hydrogen) atoms. The standard InChI is InChI=1S/C12H14O16S.2Ca.4H/c13-5(14)1-11(23,9(19)20)3-7(17)27-29(25,26)28-8(18)4-12(24,10(21)22)2-6(15)16;;;;;;/h23-24H,1-4H2,(H,13,14)(H,15,16)(H,19,20)(H,21,22);;;;;;. The molecule has 0 saturated heterocycles. The van der Waals surface area contributed by atoms with E-state index in [1.54, 1.807) is 0 Å². The fourth-order valence-electron chi connectivity index (χ4n) is 1.71. The van der Waals surface area contributed by atoms with Gasteiger partial charge in [0.05, 0.1) is 25.7 Å². The fraction of sp³-hybridized carbons (Fsp3) is 0.500. The Bertz CT molecular complexity index is 776. The Morgan fingerprint density at radius 3 is 1.06 bits per heavy atom. The molecule has 0 spiro atoms. The van der Waals surface area contributed by atoms with Gasteiger partial charge in [-0.15, -0.1) is 8.42 Å². The first-order chi connectivity index (χ1) is 12.9. The molecule has 0 fully saturated rings. The average Bonchev–Trinajstić information content (AvgIpc) is 2.42. The summed E-state index contributed by atoms with van der Waals surface area (Å²) in [4.78, 5) is 65.7. The quantitative estimate of drug-likeness (QED) is 0.129. The summed E-state index contributed by atoms with van der Waals surface area (Å²) in [5.41, 5.74) is -6.54. The van der Waals surface area contributed by atoms with Gasteiger partial charge in [-0.3, -0.25) is 19.2 Å². The van der Waals surface area contributed by atoms with Crippen molar-refractivity contribution in [2.24, 2.45) is 0 Å². The number of carboxylic acid groups (broad SMARTS) is 4. The van der Waals surface area contributed by atoms with E-state index in [4.69, 9.17) is 20.4 Å². The third kappa shape index (κ3) is 12.7. The maximum atomic E-state index is 11.5. The molecule has 0 aliphatic carbocycles. The van der Waals surface area contributed by atoms with Crippen molar-refractivity contribution in [3.05, 3.63) is 0 Å². The molecule has 0 radical (unpaired) electrons. The summed E-state index contributed by atoms with van der Waals surface area (Å²) in [6, 6.07) is 0. The minimum absolute atomic E-state index is 0. The third-order valence-corrected chi connectivity index (χ3v) is 3.73. The molecule has 172 valence electrons. The molecule has 16 nitrogen and oxygen atoms in total. The van der Waals surface area contributed by atoms with Gasteiger partial charge in [-0.25, -0.2) is 9.59 Å². The maximum absolute atomic E-state index is 11.5. The monoisotopic (exact) mass is 530 g/mol. The molecule has 2 unspecified atom stereocenters. The molecule has 2 atom stereocenters. The van der Waals surface area contributed by atoms with E-state index in [2.05, 4.69) is 8.37 Å². The number of carboxylic acids is 4. The molecule has 0 amide bonds. The second kappa shape index (κ2) is 13.7. The van der Waals surface area contributed by atoms with Gasteiger partial charge >= 0.3 is 122 Å². The van der Waals surface area contributed by atoms with Gasteiger partial charge < -0.3 is 39.0 Å². The van der Waals surface area contributed by atoms with Crippen LogP contribution in [0.2, 0.25) is 0 Å². The van der Waals surface area contributed by atoms with Crippen LogP contribution < -0.4 is 0 Å². The summed E-state index contributed by atoms with van der Waals surface area (Å²) >= 11 is 0. The molecule has 0 aliphatic heterocycles. The zero-order valence-electron chi connectivity index (χ0n) is 14.0. The molecule has 0 aromatic carbocycles. The van der Waals surface area contributed by atoms with Crippen LogP contribution in [0.25, 0.3) is 0 Å². The number of hydrogen-bond donors (Lipinski definition) is 6. The van der Waals surface area contributed by atoms with Crippen molar-refractivity contribution in [3.8, 4) is 0 Å². The number of hydrogen-bond acceptors (Lipinski definition) is 12. The van der Waals surface area contributed by atoms with E-state index in [1.165, 1.54) is 0 Å². The molecule has 19 heteroatoms. The summed E-state index contributed by atoms with van der Waals surface area (Å²) in [5.74, 6) is -12.3. The molecule has 0 rings (SSSR count). The number of carbonyl (C=O) groups is 6. The van der Waals surface area contributed by atoms with Crippen LogP contribution in [-0.2, 0) is 47.5 Å². The van der Waals surface area contributed by atoms with Crippen molar-refractivity contribution < 1.29 is 76.2 Å². The first-order valence-electron chi connectivity index (χ1n) is 6.97. The SMILES string of the molecule is O=C(O)CC(O)(CC(=O)OS(=O)(=O)OC(=O)CC(O)(CC(=O)O)C(=O)O)C(=O)O.[CaH2].[CaH2]. The van der Waals surface area contributed by atoms with E-state index < -0.39 is 83.1 Å². The minimum atomic E-state index is -5.64. The molecular weight excluding hydrogens is 512 g/mol. The number of aliphatic carboxylic acids is 4. The van der Waals surface area contributed by atoms with Gasteiger partial charge in [0.2, 0.25) is 0 Å². The normalized spacial score (nSPS) is 14.3. The Morgan fingerprint density at radius 2 is 0.871 bits per heavy atom. The summed E-state index contributed by atoms with van der Waals surface area (Å²) in [5, 5.41) is 53.6. The van der Waals surface area contributed by atoms with E-state index in [1.807, 2.05) is 0 Å². The molecular formula is C12H18Ca2O16S. The molecule has 0 heterocycles. The predicted octanol–water partition coefficient (Wildman–Crippen LogP) is -5.15. The Hall–Kier alpha value is -0.791. The van der Waals surface area contributed by atoms with E-state index >= 15 is 0 Å². The van der Waals surface area contributed by atoms with Crippen LogP contribution in [0.3, 0.4) is 0 Å². The van der Waals surface area contributed by atoms with Gasteiger partial charge in [0.1, 0.15) is 0 Å². The Kier molecular flexibility index (Phi) is 15.4. The van der Waals surface area contributed by atoms with Gasteiger partial charge in [-0.05, 0) is 0 Å². The van der Waals surface area contributed by atoms with Gasteiger partial charge in [0.25, 0.3) is 0 Å². The van der Waals surface area contributed by atoms with Crippen LogP contribution in [0.4, 0.5) is 0 Å². The predicted molar refractivity (Wildman–Crippen MR) is 97.1 cm³/mol. The topological polar surface area (TPSA) is 276 Å².